The van der Waals surface area contributed by atoms with E-state index < -0.39 is 11.7 Å². The molecule has 2 aromatic rings. The Bertz CT molecular complexity index is 593. The lowest BCUT2D eigenvalue weighted by Gasteiger charge is -2.16. The molecule has 0 aliphatic rings. The number of alkyl halides is 3. The zero-order chi connectivity index (χ0) is 14.8. The first kappa shape index (κ1) is 14.7. The minimum Gasteiger partial charge on any atom is -0.355 e. The fraction of sp³-hybridized carbons (Fsp3) is 0.308. The highest BCUT2D eigenvalue weighted by Crippen LogP contribution is 2.36. The highest BCUT2D eigenvalue weighted by atomic mass is 35.5. The van der Waals surface area contributed by atoms with Crippen LogP contribution in [0.25, 0.3) is 5.69 Å². The van der Waals surface area contributed by atoms with Gasteiger partial charge in [-0.05, 0) is 24.6 Å². The minimum atomic E-state index is -4.48. The number of hydrogen-bond acceptors (Lipinski definition) is 2. The number of nitrogens with one attached hydrogen (secondary N) is 1. The summed E-state index contributed by atoms with van der Waals surface area (Å²) in [4.78, 5) is 4.03. The number of rotatable bonds is 4. The summed E-state index contributed by atoms with van der Waals surface area (Å²) in [6.07, 6.45) is -0.699. The molecule has 1 aromatic carbocycles. The van der Waals surface area contributed by atoms with Crippen molar-refractivity contribution in [3.8, 4) is 5.69 Å². The molecule has 1 heterocycles. The van der Waals surface area contributed by atoms with Gasteiger partial charge in [-0.3, -0.25) is 4.57 Å². The molecule has 0 radical (unpaired) electrons. The lowest BCUT2D eigenvalue weighted by molar-refractivity contribution is -0.137. The minimum absolute atomic E-state index is 0.00185. The molecule has 1 aromatic heterocycles. The number of halogens is 4. The van der Waals surface area contributed by atoms with Crippen LogP contribution in [0.3, 0.4) is 0 Å². The molecule has 0 spiro atoms. The molecule has 3 nitrogen and oxygen atoms in total. The Kier molecular flexibility index (Phi) is 4.23. The number of nitrogens with zero attached hydrogens (tertiary/aromatic N) is 2. The SMILES string of the molecule is CCCNc1nccn1-c1ccc(Cl)cc1C(F)(F)F. The Morgan fingerprint density at radius 1 is 1.35 bits per heavy atom. The number of imidazole rings is 1. The van der Waals surface area contributed by atoms with Crippen molar-refractivity contribution in [1.82, 2.24) is 9.55 Å². The Hall–Kier alpha value is -1.69. The van der Waals surface area contributed by atoms with Gasteiger partial charge in [-0.2, -0.15) is 13.2 Å². The Morgan fingerprint density at radius 3 is 2.75 bits per heavy atom. The van der Waals surface area contributed by atoms with E-state index in [0.717, 1.165) is 12.5 Å². The first-order valence-electron chi connectivity index (χ1n) is 6.08. The summed E-state index contributed by atoms with van der Waals surface area (Å²) >= 11 is 5.67. The fourth-order valence-corrected chi connectivity index (χ4v) is 1.98. The molecular weight excluding hydrogens is 291 g/mol. The zero-order valence-corrected chi connectivity index (χ0v) is 11.5. The van der Waals surface area contributed by atoms with Crippen molar-refractivity contribution in [2.75, 3.05) is 11.9 Å². The van der Waals surface area contributed by atoms with Crippen LogP contribution in [0.2, 0.25) is 5.02 Å². The van der Waals surface area contributed by atoms with Crippen LogP contribution in [0.4, 0.5) is 19.1 Å². The number of aromatic nitrogens is 2. The summed E-state index contributed by atoms with van der Waals surface area (Å²) in [5, 5.41) is 3.03. The van der Waals surface area contributed by atoms with Crippen molar-refractivity contribution in [3.63, 3.8) is 0 Å². The van der Waals surface area contributed by atoms with Gasteiger partial charge in [0, 0.05) is 24.0 Å². The second kappa shape index (κ2) is 5.75. The van der Waals surface area contributed by atoms with Crippen molar-refractivity contribution < 1.29 is 13.2 Å². The van der Waals surface area contributed by atoms with Gasteiger partial charge >= 0.3 is 6.18 Å². The maximum absolute atomic E-state index is 13.1. The number of hydrogen-bond donors (Lipinski definition) is 1. The van der Waals surface area contributed by atoms with Gasteiger partial charge in [-0.1, -0.05) is 18.5 Å². The third-order valence-corrected chi connectivity index (χ3v) is 2.93. The molecule has 0 fully saturated rings. The molecule has 0 atom stereocenters. The van der Waals surface area contributed by atoms with Crippen LogP contribution in [-0.2, 0) is 6.18 Å². The molecule has 20 heavy (non-hydrogen) atoms. The predicted molar refractivity (Wildman–Crippen MR) is 72.4 cm³/mol. The monoisotopic (exact) mass is 303 g/mol. The smallest absolute Gasteiger partial charge is 0.355 e. The van der Waals surface area contributed by atoms with E-state index in [1.165, 1.54) is 29.1 Å². The van der Waals surface area contributed by atoms with Crippen LogP contribution in [-0.4, -0.2) is 16.1 Å². The molecule has 0 bridgehead atoms. The van der Waals surface area contributed by atoms with Gasteiger partial charge in [0.2, 0.25) is 5.95 Å². The van der Waals surface area contributed by atoms with Crippen molar-refractivity contribution >= 4 is 17.5 Å². The van der Waals surface area contributed by atoms with E-state index in [1.54, 1.807) is 0 Å². The maximum Gasteiger partial charge on any atom is 0.418 e. The fourth-order valence-electron chi connectivity index (χ4n) is 1.81. The van der Waals surface area contributed by atoms with Crippen LogP contribution in [0, 0.1) is 0 Å². The summed E-state index contributed by atoms with van der Waals surface area (Å²) in [6, 6.07) is 3.68. The first-order valence-corrected chi connectivity index (χ1v) is 6.45. The highest BCUT2D eigenvalue weighted by Gasteiger charge is 2.34. The molecule has 0 saturated carbocycles. The van der Waals surface area contributed by atoms with Crippen molar-refractivity contribution in [2.24, 2.45) is 0 Å². The topological polar surface area (TPSA) is 29.9 Å². The number of anilines is 1. The Balaban J connectivity index is 2.50. The standard InChI is InChI=1S/C13H13ClF3N3/c1-2-5-18-12-19-6-7-20(12)11-4-3-9(14)8-10(11)13(15,16)17/h3-4,6-8H,2,5H2,1H3,(H,18,19). The third kappa shape index (κ3) is 3.07. The van der Waals surface area contributed by atoms with Crippen LogP contribution in [0.15, 0.2) is 30.6 Å². The number of benzene rings is 1. The molecule has 0 saturated heterocycles. The Labute approximate surface area is 119 Å². The summed E-state index contributed by atoms with van der Waals surface area (Å²) in [6.45, 7) is 2.59. The van der Waals surface area contributed by atoms with E-state index in [4.69, 9.17) is 11.6 Å². The molecule has 0 aliphatic heterocycles. The molecule has 0 aliphatic carbocycles. The third-order valence-electron chi connectivity index (χ3n) is 2.70. The van der Waals surface area contributed by atoms with Crippen molar-refractivity contribution in [1.29, 1.82) is 0 Å². The van der Waals surface area contributed by atoms with E-state index in [1.807, 2.05) is 6.92 Å². The van der Waals surface area contributed by atoms with Gasteiger partial charge in [-0.15, -0.1) is 0 Å². The normalized spacial score (nSPS) is 11.7. The van der Waals surface area contributed by atoms with Gasteiger partial charge in [0.1, 0.15) is 0 Å². The summed E-state index contributed by atoms with van der Waals surface area (Å²) in [5.41, 5.74) is -0.791. The summed E-state index contributed by atoms with van der Waals surface area (Å²) < 4.78 is 40.6. The van der Waals surface area contributed by atoms with E-state index in [9.17, 15) is 13.2 Å². The molecular formula is C13H13ClF3N3. The van der Waals surface area contributed by atoms with Crippen LogP contribution >= 0.6 is 11.6 Å². The average Bonchev–Trinajstić information content (AvgIpc) is 2.83. The van der Waals surface area contributed by atoms with E-state index >= 15 is 0 Å². The van der Waals surface area contributed by atoms with Gasteiger partial charge in [0.15, 0.2) is 0 Å². The van der Waals surface area contributed by atoms with Crippen molar-refractivity contribution in [3.05, 3.63) is 41.2 Å². The molecule has 0 amide bonds. The van der Waals surface area contributed by atoms with Gasteiger partial charge in [0.05, 0.1) is 11.3 Å². The van der Waals surface area contributed by atoms with Crippen molar-refractivity contribution in [2.45, 2.75) is 19.5 Å². The average molecular weight is 304 g/mol. The lowest BCUT2D eigenvalue weighted by atomic mass is 10.1. The van der Waals surface area contributed by atoms with Crippen LogP contribution < -0.4 is 5.32 Å². The lowest BCUT2D eigenvalue weighted by Crippen LogP contribution is -2.13. The van der Waals surface area contributed by atoms with Crippen LogP contribution in [0.1, 0.15) is 18.9 Å². The first-order chi connectivity index (χ1) is 9.43. The maximum atomic E-state index is 13.1. The second-order valence-corrected chi connectivity index (χ2v) is 4.64. The van der Waals surface area contributed by atoms with Crippen LogP contribution in [0.5, 0.6) is 0 Å². The second-order valence-electron chi connectivity index (χ2n) is 4.21. The zero-order valence-electron chi connectivity index (χ0n) is 10.7. The molecule has 7 heteroatoms. The highest BCUT2D eigenvalue weighted by molar-refractivity contribution is 6.30. The van der Waals surface area contributed by atoms with Gasteiger partial charge < -0.3 is 5.32 Å². The molecule has 0 unspecified atom stereocenters. The predicted octanol–water partition coefficient (Wildman–Crippen LogP) is 4.37. The van der Waals surface area contributed by atoms with Gasteiger partial charge in [0.25, 0.3) is 0 Å². The quantitative estimate of drug-likeness (QED) is 0.909. The molecule has 108 valence electrons. The van der Waals surface area contributed by atoms with E-state index in [0.29, 0.717) is 12.5 Å². The molecule has 1 N–H and O–H groups in total. The van der Waals surface area contributed by atoms with E-state index in [-0.39, 0.29) is 10.7 Å². The van der Waals surface area contributed by atoms with E-state index in [2.05, 4.69) is 10.3 Å². The Morgan fingerprint density at radius 2 is 2.10 bits per heavy atom. The largest absolute Gasteiger partial charge is 0.418 e. The summed E-state index contributed by atoms with van der Waals surface area (Å²) in [5.74, 6) is 0.375. The van der Waals surface area contributed by atoms with Gasteiger partial charge in [-0.25, -0.2) is 4.98 Å². The molecule has 2 rings (SSSR count). The summed E-state index contributed by atoms with van der Waals surface area (Å²) in [7, 11) is 0.